The van der Waals surface area contributed by atoms with Crippen LogP contribution in [0.2, 0.25) is 5.15 Å². The van der Waals surface area contributed by atoms with E-state index in [1.165, 1.54) is 6.33 Å². The van der Waals surface area contributed by atoms with Gasteiger partial charge < -0.3 is 23.5 Å². The third-order valence-electron chi connectivity index (χ3n) is 8.44. The van der Waals surface area contributed by atoms with E-state index in [0.29, 0.717) is 36.5 Å². The Morgan fingerprint density at radius 1 is 1.11 bits per heavy atom. The van der Waals surface area contributed by atoms with E-state index in [2.05, 4.69) is 20.6 Å². The Kier molecular flexibility index (Phi) is 7.31. The van der Waals surface area contributed by atoms with Gasteiger partial charge in [0.2, 0.25) is 0 Å². The molecule has 2 aliphatic carbocycles. The van der Waals surface area contributed by atoms with E-state index in [0.717, 1.165) is 40.3 Å². The molecule has 0 bridgehead atoms. The fourth-order valence-electron chi connectivity index (χ4n) is 6.28. The number of amides is 1. The molecule has 11 heteroatoms. The number of benzene rings is 1. The van der Waals surface area contributed by atoms with Gasteiger partial charge in [0.05, 0.1) is 29.7 Å². The summed E-state index contributed by atoms with van der Waals surface area (Å²) < 4.78 is 27.1. The standard InChI is InChI=1S/C33H38ClN5O5/c1-32(2,3)44-31(40)39(16-19-6-7-19)26-11-10-21-9-8-20(14-23(21)37-26)17-41-25-15-24(27-28(25)43-33(4,5)42-27)38-13-12-22-29(34)35-18-36-30(22)38/h8-14,18-19,24-25,27-28H,6-7,15-17H2,1-5H3/t24-,25+,27+,28-/m1/s1. The molecule has 1 saturated heterocycles. The monoisotopic (exact) mass is 619 g/mol. The summed E-state index contributed by atoms with van der Waals surface area (Å²) in [6, 6.07) is 11.9. The predicted octanol–water partition coefficient (Wildman–Crippen LogP) is 6.83. The van der Waals surface area contributed by atoms with Crippen molar-refractivity contribution in [2.75, 3.05) is 11.4 Å². The zero-order valence-corrected chi connectivity index (χ0v) is 26.5. The Hall–Kier alpha value is -3.31. The zero-order chi connectivity index (χ0) is 30.8. The highest BCUT2D eigenvalue weighted by atomic mass is 35.5. The molecule has 4 atom stereocenters. The molecule has 0 radical (unpaired) electrons. The van der Waals surface area contributed by atoms with Gasteiger partial charge in [-0.2, -0.15) is 0 Å². The summed E-state index contributed by atoms with van der Waals surface area (Å²) >= 11 is 6.34. The van der Waals surface area contributed by atoms with Gasteiger partial charge in [-0.1, -0.05) is 23.7 Å². The number of aromatic nitrogens is 4. The van der Waals surface area contributed by atoms with Crippen LogP contribution in [0.1, 0.15) is 65.5 Å². The van der Waals surface area contributed by atoms with Crippen molar-refractivity contribution in [1.29, 1.82) is 0 Å². The first-order valence-corrected chi connectivity index (χ1v) is 15.7. The van der Waals surface area contributed by atoms with Crippen LogP contribution in [0.4, 0.5) is 10.6 Å². The third kappa shape index (κ3) is 5.88. The van der Waals surface area contributed by atoms with Crippen LogP contribution >= 0.6 is 11.6 Å². The molecule has 4 aromatic rings. The van der Waals surface area contributed by atoms with Crippen molar-refractivity contribution in [3.8, 4) is 0 Å². The molecule has 2 saturated carbocycles. The molecular formula is C33H38ClN5O5. The second kappa shape index (κ2) is 10.9. The number of rotatable bonds is 7. The van der Waals surface area contributed by atoms with Crippen LogP contribution in [-0.2, 0) is 25.6 Å². The average Bonchev–Trinajstić information content (AvgIpc) is 3.46. The van der Waals surface area contributed by atoms with E-state index in [1.807, 2.05) is 71.1 Å². The molecule has 3 fully saturated rings. The van der Waals surface area contributed by atoms with Crippen LogP contribution in [0, 0.1) is 5.92 Å². The quantitative estimate of drug-likeness (QED) is 0.207. The van der Waals surface area contributed by atoms with Gasteiger partial charge in [0.25, 0.3) is 0 Å². The second-order valence-electron chi connectivity index (χ2n) is 13.6. The van der Waals surface area contributed by atoms with Crippen molar-refractivity contribution < 1.29 is 23.7 Å². The van der Waals surface area contributed by atoms with E-state index in [9.17, 15) is 4.79 Å². The lowest BCUT2D eigenvalue weighted by atomic mass is 10.1. The maximum Gasteiger partial charge on any atom is 0.416 e. The van der Waals surface area contributed by atoms with Crippen LogP contribution in [0.25, 0.3) is 21.9 Å². The fraction of sp³-hybridized carbons (Fsp3) is 0.515. The van der Waals surface area contributed by atoms with Crippen molar-refractivity contribution in [2.45, 2.75) is 96.2 Å². The molecule has 3 aliphatic rings. The summed E-state index contributed by atoms with van der Waals surface area (Å²) in [7, 11) is 0. The van der Waals surface area contributed by atoms with Crippen LogP contribution in [0.3, 0.4) is 0 Å². The van der Waals surface area contributed by atoms with E-state index in [-0.39, 0.29) is 30.4 Å². The van der Waals surface area contributed by atoms with Crippen molar-refractivity contribution in [1.82, 2.24) is 19.5 Å². The summed E-state index contributed by atoms with van der Waals surface area (Å²) in [5.74, 6) is 0.355. The maximum atomic E-state index is 13.1. The zero-order valence-electron chi connectivity index (χ0n) is 25.7. The number of halogens is 1. The minimum Gasteiger partial charge on any atom is -0.443 e. The third-order valence-corrected chi connectivity index (χ3v) is 8.74. The minimum atomic E-state index is -0.727. The van der Waals surface area contributed by atoms with Crippen molar-refractivity contribution in [2.24, 2.45) is 5.92 Å². The lowest BCUT2D eigenvalue weighted by molar-refractivity contribution is -0.171. The summed E-state index contributed by atoms with van der Waals surface area (Å²) in [6.07, 6.45) is 5.39. The molecule has 0 spiro atoms. The first-order valence-electron chi connectivity index (χ1n) is 15.3. The molecule has 1 aromatic carbocycles. The van der Waals surface area contributed by atoms with E-state index in [1.54, 1.807) is 4.90 Å². The number of carbonyl (C=O) groups excluding carboxylic acids is 1. The van der Waals surface area contributed by atoms with Crippen molar-refractivity contribution >= 4 is 45.4 Å². The molecule has 1 amide bonds. The lowest BCUT2D eigenvalue weighted by Crippen LogP contribution is -2.38. The highest BCUT2D eigenvalue weighted by Crippen LogP contribution is 2.46. The van der Waals surface area contributed by atoms with Gasteiger partial charge >= 0.3 is 6.09 Å². The van der Waals surface area contributed by atoms with Gasteiger partial charge in [0.1, 0.15) is 40.8 Å². The van der Waals surface area contributed by atoms with E-state index in [4.69, 9.17) is 35.5 Å². The Balaban J connectivity index is 1.11. The van der Waals surface area contributed by atoms with Crippen LogP contribution in [-0.4, -0.2) is 61.9 Å². The normalized spacial score (nSPS) is 24.6. The number of nitrogens with zero attached hydrogens (tertiary/aromatic N) is 5. The van der Waals surface area contributed by atoms with Crippen LogP contribution in [0.5, 0.6) is 0 Å². The van der Waals surface area contributed by atoms with Gasteiger partial charge in [-0.05, 0) is 89.6 Å². The Bertz CT molecular complexity index is 1710. The molecule has 4 heterocycles. The fourth-order valence-corrected chi connectivity index (χ4v) is 6.47. The molecule has 0 unspecified atom stereocenters. The van der Waals surface area contributed by atoms with Gasteiger partial charge in [-0.3, -0.25) is 4.90 Å². The Morgan fingerprint density at radius 2 is 1.89 bits per heavy atom. The molecule has 1 aliphatic heterocycles. The summed E-state index contributed by atoms with van der Waals surface area (Å²) in [5, 5.41) is 2.22. The number of carbonyl (C=O) groups is 1. The van der Waals surface area contributed by atoms with Gasteiger partial charge in [0.15, 0.2) is 5.79 Å². The van der Waals surface area contributed by atoms with Gasteiger partial charge in [-0.25, -0.2) is 19.7 Å². The first kappa shape index (κ1) is 29.4. The average molecular weight is 620 g/mol. The van der Waals surface area contributed by atoms with E-state index >= 15 is 0 Å². The van der Waals surface area contributed by atoms with Gasteiger partial charge in [0, 0.05) is 18.1 Å². The number of hydrogen-bond donors (Lipinski definition) is 0. The maximum absolute atomic E-state index is 13.1. The number of anilines is 1. The Labute approximate surface area is 261 Å². The molecule has 44 heavy (non-hydrogen) atoms. The van der Waals surface area contributed by atoms with Crippen molar-refractivity contribution in [3.05, 3.63) is 59.6 Å². The second-order valence-corrected chi connectivity index (χ2v) is 13.9. The largest absolute Gasteiger partial charge is 0.443 e. The highest BCUT2D eigenvalue weighted by molar-refractivity contribution is 6.33. The molecule has 3 aromatic heterocycles. The first-order chi connectivity index (χ1) is 20.9. The predicted molar refractivity (Wildman–Crippen MR) is 167 cm³/mol. The number of hydrogen-bond acceptors (Lipinski definition) is 8. The molecule has 7 rings (SSSR count). The lowest BCUT2D eigenvalue weighted by Gasteiger charge is -2.27. The summed E-state index contributed by atoms with van der Waals surface area (Å²) in [5.41, 5.74) is 1.96. The summed E-state index contributed by atoms with van der Waals surface area (Å²) in [6.45, 7) is 10.5. The minimum absolute atomic E-state index is 0.0404. The number of fused-ring (bicyclic) bond motifs is 3. The Morgan fingerprint density at radius 3 is 2.66 bits per heavy atom. The molecule has 232 valence electrons. The van der Waals surface area contributed by atoms with Gasteiger partial charge in [-0.15, -0.1) is 0 Å². The molecular weight excluding hydrogens is 582 g/mol. The SMILES string of the molecule is CC(C)(C)OC(=O)N(CC1CC1)c1ccc2ccc(CO[C@H]3C[C@@H](n4ccc5c(Cl)ncnc54)[C@@H]4OC(C)(C)O[C@@H]43)cc2n1. The smallest absolute Gasteiger partial charge is 0.416 e. The van der Waals surface area contributed by atoms with Crippen LogP contribution < -0.4 is 4.90 Å². The number of ether oxygens (including phenoxy) is 4. The van der Waals surface area contributed by atoms with E-state index < -0.39 is 11.4 Å². The molecule has 0 N–H and O–H groups in total. The van der Waals surface area contributed by atoms with Crippen LogP contribution in [0.15, 0.2) is 48.9 Å². The van der Waals surface area contributed by atoms with Crippen molar-refractivity contribution in [3.63, 3.8) is 0 Å². The number of pyridine rings is 1. The summed E-state index contributed by atoms with van der Waals surface area (Å²) in [4.78, 5) is 28.3. The molecule has 10 nitrogen and oxygen atoms in total. The topological polar surface area (TPSA) is 101 Å². The highest BCUT2D eigenvalue weighted by Gasteiger charge is 2.55.